The van der Waals surface area contributed by atoms with E-state index in [-0.39, 0.29) is 24.5 Å². The number of hydrogen-bond acceptors (Lipinski definition) is 5. The van der Waals surface area contributed by atoms with E-state index in [1.165, 1.54) is 18.2 Å². The molecule has 2 N–H and O–H groups in total. The normalized spacial score (nSPS) is 11.8. The van der Waals surface area contributed by atoms with E-state index in [9.17, 15) is 35.9 Å². The summed E-state index contributed by atoms with van der Waals surface area (Å²) in [5.74, 6) is -1.91. The Morgan fingerprint density at radius 3 is 2.26 bits per heavy atom. The molecule has 0 aliphatic rings. The van der Waals surface area contributed by atoms with Gasteiger partial charge in [-0.15, -0.1) is 0 Å². The maximum atomic E-state index is 13.5. The number of aromatic nitrogens is 3. The van der Waals surface area contributed by atoms with Gasteiger partial charge in [-0.25, -0.2) is 9.67 Å². The predicted molar refractivity (Wildman–Crippen MR) is 123 cm³/mol. The lowest BCUT2D eigenvalue weighted by molar-refractivity contribution is -0.154. The molecule has 2 aromatic heterocycles. The number of alkyl halides is 6. The number of pyridine rings is 1. The molecule has 0 atom stereocenters. The maximum absolute atomic E-state index is 13.5. The minimum absolute atomic E-state index is 0.0441. The first-order valence-electron chi connectivity index (χ1n) is 11.4. The van der Waals surface area contributed by atoms with Gasteiger partial charge in [-0.1, -0.05) is 31.5 Å². The van der Waals surface area contributed by atoms with Gasteiger partial charge >= 0.3 is 12.4 Å². The molecule has 0 aliphatic carbocycles. The monoisotopic (exact) mass is 543 g/mol. The Morgan fingerprint density at radius 1 is 1.00 bits per heavy atom. The van der Waals surface area contributed by atoms with Crippen molar-refractivity contribution >= 4 is 11.8 Å². The summed E-state index contributed by atoms with van der Waals surface area (Å²) in [6.45, 7) is -0.0897. The fourth-order valence-electron chi connectivity index (χ4n) is 3.36. The number of para-hydroxylation sites is 1. The summed E-state index contributed by atoms with van der Waals surface area (Å²) < 4.78 is 83.4. The summed E-state index contributed by atoms with van der Waals surface area (Å²) >= 11 is 0. The molecule has 0 saturated carbocycles. The summed E-state index contributed by atoms with van der Waals surface area (Å²) in [4.78, 5) is 28.7. The van der Waals surface area contributed by atoms with Crippen LogP contribution >= 0.6 is 0 Å². The zero-order valence-corrected chi connectivity index (χ0v) is 20.0. The number of benzene rings is 1. The largest absolute Gasteiger partial charge is 0.468 e. The van der Waals surface area contributed by atoms with E-state index in [0.717, 1.165) is 17.1 Å². The number of carbonyl (C=O) groups excluding carboxylic acids is 2. The molecule has 204 valence electrons. The Kier molecular flexibility index (Phi) is 8.96. The van der Waals surface area contributed by atoms with Crippen molar-refractivity contribution in [3.05, 3.63) is 71.2 Å². The highest BCUT2D eigenvalue weighted by molar-refractivity contribution is 5.96. The van der Waals surface area contributed by atoms with Gasteiger partial charge in [-0.2, -0.15) is 31.4 Å². The van der Waals surface area contributed by atoms with Crippen molar-refractivity contribution in [3.63, 3.8) is 0 Å². The highest BCUT2D eigenvalue weighted by Crippen LogP contribution is 2.31. The molecule has 8 nitrogen and oxygen atoms in total. The molecule has 0 bridgehead atoms. The number of amides is 2. The lowest BCUT2D eigenvalue weighted by atomic mass is 10.1. The zero-order chi connectivity index (χ0) is 27.9. The Bertz CT molecular complexity index is 1260. The van der Waals surface area contributed by atoms with Crippen molar-refractivity contribution in [1.29, 1.82) is 0 Å². The van der Waals surface area contributed by atoms with Crippen molar-refractivity contribution in [2.45, 2.75) is 32.1 Å². The van der Waals surface area contributed by atoms with Gasteiger partial charge in [0.2, 0.25) is 5.88 Å². The van der Waals surface area contributed by atoms with Crippen LogP contribution in [0.15, 0.2) is 48.8 Å². The molecule has 2 heterocycles. The Morgan fingerprint density at radius 2 is 1.66 bits per heavy atom. The number of hydrogen-bond donors (Lipinski definition) is 2. The van der Waals surface area contributed by atoms with Gasteiger partial charge in [0.15, 0.2) is 12.3 Å². The molecule has 2 amide bonds. The average Bonchev–Trinajstić information content (AvgIpc) is 3.32. The second kappa shape index (κ2) is 12.0. The Balaban J connectivity index is 1.61. The van der Waals surface area contributed by atoms with Gasteiger partial charge in [0.25, 0.3) is 11.8 Å². The van der Waals surface area contributed by atoms with Crippen LogP contribution in [0.4, 0.5) is 26.3 Å². The fraction of sp³-hybridized carbons (Fsp3) is 0.333. The summed E-state index contributed by atoms with van der Waals surface area (Å²) in [6, 6.07) is 9.30. The number of aryl methyl sites for hydroxylation is 1. The molecule has 0 unspecified atom stereocenters. The number of halogens is 6. The molecule has 38 heavy (non-hydrogen) atoms. The van der Waals surface area contributed by atoms with Gasteiger partial charge in [0.05, 0.1) is 16.8 Å². The van der Waals surface area contributed by atoms with Gasteiger partial charge in [0, 0.05) is 31.0 Å². The fourth-order valence-corrected chi connectivity index (χ4v) is 3.36. The van der Waals surface area contributed by atoms with Gasteiger partial charge in [0.1, 0.15) is 0 Å². The molecule has 1 aromatic carbocycles. The smallest absolute Gasteiger partial charge is 0.435 e. The molecule has 3 rings (SSSR count). The quantitative estimate of drug-likeness (QED) is 0.293. The van der Waals surface area contributed by atoms with Crippen LogP contribution in [0, 0.1) is 0 Å². The molecule has 14 heteroatoms. The molecule has 0 saturated heterocycles. The van der Waals surface area contributed by atoms with Crippen molar-refractivity contribution in [1.82, 2.24) is 25.4 Å². The van der Waals surface area contributed by atoms with Gasteiger partial charge in [-0.05, 0) is 24.6 Å². The van der Waals surface area contributed by atoms with Crippen LogP contribution in [-0.2, 0) is 12.6 Å². The molecule has 0 fully saturated rings. The minimum atomic E-state index is -4.87. The van der Waals surface area contributed by atoms with E-state index in [1.807, 2.05) is 0 Å². The Hall–Kier alpha value is -4.10. The number of carbonyl (C=O) groups is 2. The van der Waals surface area contributed by atoms with Gasteiger partial charge < -0.3 is 15.4 Å². The molecular weight excluding hydrogens is 520 g/mol. The number of ether oxygens (including phenoxy) is 1. The number of nitrogens with one attached hydrogen (secondary N) is 2. The molecule has 0 aliphatic heterocycles. The zero-order valence-electron chi connectivity index (χ0n) is 20.0. The highest BCUT2D eigenvalue weighted by Gasteiger charge is 2.39. The lowest BCUT2D eigenvalue weighted by Gasteiger charge is -2.13. The summed E-state index contributed by atoms with van der Waals surface area (Å²) in [6.07, 6.45) is -6.54. The molecule has 3 aromatic rings. The van der Waals surface area contributed by atoms with Crippen LogP contribution in [0.5, 0.6) is 5.88 Å². The first-order valence-corrected chi connectivity index (χ1v) is 11.4. The third kappa shape index (κ3) is 7.70. The van der Waals surface area contributed by atoms with Crippen LogP contribution in [0.2, 0.25) is 0 Å². The van der Waals surface area contributed by atoms with E-state index < -0.39 is 42.0 Å². The van der Waals surface area contributed by atoms with E-state index in [4.69, 9.17) is 4.74 Å². The first kappa shape index (κ1) is 28.5. The molecular formula is C24H23F6N5O3. The van der Waals surface area contributed by atoms with Crippen LogP contribution in [0.25, 0.3) is 5.69 Å². The number of nitrogens with zero attached hydrogens (tertiary/aromatic N) is 3. The minimum Gasteiger partial charge on any atom is -0.468 e. The SMILES string of the molecule is CCCc1cc(C(=O)NCCNC(=O)c2cn(-c3ccccc3)nc2C(F)(F)F)cnc1OCC(F)(F)F. The van der Waals surface area contributed by atoms with Crippen LogP contribution in [0.1, 0.15) is 45.3 Å². The van der Waals surface area contributed by atoms with E-state index in [1.54, 1.807) is 25.1 Å². The molecule has 0 spiro atoms. The lowest BCUT2D eigenvalue weighted by Crippen LogP contribution is -2.35. The van der Waals surface area contributed by atoms with Gasteiger partial charge in [-0.3, -0.25) is 9.59 Å². The summed E-state index contributed by atoms with van der Waals surface area (Å²) in [7, 11) is 0. The van der Waals surface area contributed by atoms with E-state index in [2.05, 4.69) is 20.7 Å². The van der Waals surface area contributed by atoms with Crippen molar-refractivity contribution in [2.75, 3.05) is 19.7 Å². The summed E-state index contributed by atoms with van der Waals surface area (Å²) in [5, 5.41) is 8.28. The average molecular weight is 543 g/mol. The Labute approximate surface area is 213 Å². The predicted octanol–water partition coefficient (Wildman–Crippen LogP) is 4.34. The second-order valence-electron chi connectivity index (χ2n) is 8.02. The van der Waals surface area contributed by atoms with Crippen molar-refractivity contribution in [2.24, 2.45) is 0 Å². The van der Waals surface area contributed by atoms with Crippen LogP contribution < -0.4 is 15.4 Å². The van der Waals surface area contributed by atoms with Crippen molar-refractivity contribution in [3.8, 4) is 11.6 Å². The first-order chi connectivity index (χ1) is 17.9. The van der Waals surface area contributed by atoms with Crippen LogP contribution in [0.3, 0.4) is 0 Å². The topological polar surface area (TPSA) is 98.1 Å². The standard InChI is InChI=1S/C24H23F6N5O3/c1-2-6-15-11-16(12-33-22(15)38-14-23(25,26)27)20(36)31-9-10-32-21(37)18-13-35(17-7-4-3-5-8-17)34-19(18)24(28,29)30/h3-5,7-8,11-13H,2,6,9-10,14H2,1H3,(H,31,36)(H,32,37). The second-order valence-corrected chi connectivity index (χ2v) is 8.02. The third-order valence-corrected chi connectivity index (χ3v) is 5.02. The van der Waals surface area contributed by atoms with Crippen LogP contribution in [-0.4, -0.2) is 52.5 Å². The maximum Gasteiger partial charge on any atom is 0.435 e. The van der Waals surface area contributed by atoms with Crippen molar-refractivity contribution < 1.29 is 40.7 Å². The summed E-state index contributed by atoms with van der Waals surface area (Å²) in [5.41, 5.74) is -1.36. The van der Waals surface area contributed by atoms with E-state index in [0.29, 0.717) is 24.1 Å². The highest BCUT2D eigenvalue weighted by atomic mass is 19.4. The molecule has 0 radical (unpaired) electrons. The number of rotatable bonds is 10. The third-order valence-electron chi connectivity index (χ3n) is 5.02. The van der Waals surface area contributed by atoms with E-state index >= 15 is 0 Å².